The fraction of sp³-hybridized carbons (Fsp3) is 0.211. The summed E-state index contributed by atoms with van der Waals surface area (Å²) in [5, 5.41) is 7.49. The predicted molar refractivity (Wildman–Crippen MR) is 97.6 cm³/mol. The van der Waals surface area contributed by atoms with Gasteiger partial charge in [0.1, 0.15) is 13.7 Å². The van der Waals surface area contributed by atoms with Gasteiger partial charge in [0.05, 0.1) is 11.3 Å². The summed E-state index contributed by atoms with van der Waals surface area (Å²) in [7, 11) is 1.28. The van der Waals surface area contributed by atoms with Crippen molar-refractivity contribution >= 4 is 17.3 Å². The second-order valence-corrected chi connectivity index (χ2v) is 5.67. The van der Waals surface area contributed by atoms with E-state index in [0.717, 1.165) is 12.1 Å². The van der Waals surface area contributed by atoms with Gasteiger partial charge in [-0.05, 0) is 24.6 Å². The van der Waals surface area contributed by atoms with Crippen molar-refractivity contribution in [1.82, 2.24) is 0 Å². The van der Waals surface area contributed by atoms with Crippen molar-refractivity contribution in [1.29, 1.82) is 0 Å². The molecular formula is C19H18F3N3O3. The molecular weight excluding hydrogens is 375 g/mol. The lowest BCUT2D eigenvalue weighted by molar-refractivity contribution is -0.137. The number of primary amides is 1. The van der Waals surface area contributed by atoms with Crippen molar-refractivity contribution in [3.05, 3.63) is 70.8 Å². The van der Waals surface area contributed by atoms with E-state index in [1.54, 1.807) is 24.3 Å². The quantitative estimate of drug-likeness (QED) is 0.577. The highest BCUT2D eigenvalue weighted by Crippen LogP contribution is 2.29. The maximum Gasteiger partial charge on any atom is 0.416 e. The van der Waals surface area contributed by atoms with Crippen molar-refractivity contribution < 1.29 is 27.6 Å². The van der Waals surface area contributed by atoms with Gasteiger partial charge in [0.2, 0.25) is 0 Å². The molecule has 0 radical (unpaired) electrons. The van der Waals surface area contributed by atoms with Crippen molar-refractivity contribution in [3.63, 3.8) is 0 Å². The van der Waals surface area contributed by atoms with Crippen LogP contribution < -0.4 is 5.73 Å². The number of nitrogens with zero attached hydrogens (tertiary/aromatic N) is 2. The van der Waals surface area contributed by atoms with E-state index < -0.39 is 17.6 Å². The van der Waals surface area contributed by atoms with Gasteiger partial charge < -0.3 is 15.4 Å². The standard InChI is InChI=1S/C19H18F3N3O3/c1-12(13-7-5-8-15(10-13)19(20,21)22)24-28-11-14-6-3-4-9-16(14)17(18(23)26)25-27-2/h3-10H,11H2,1-2H3,(H2,23,26). The molecule has 6 nitrogen and oxygen atoms in total. The minimum absolute atomic E-state index is 0.0531. The third kappa shape index (κ3) is 5.32. The number of amides is 1. The van der Waals surface area contributed by atoms with Crippen LogP contribution in [0.15, 0.2) is 58.8 Å². The summed E-state index contributed by atoms with van der Waals surface area (Å²) in [4.78, 5) is 21.5. The summed E-state index contributed by atoms with van der Waals surface area (Å²) < 4.78 is 38.5. The highest BCUT2D eigenvalue weighted by molar-refractivity contribution is 6.45. The first-order valence-electron chi connectivity index (χ1n) is 8.07. The first-order chi connectivity index (χ1) is 13.2. The summed E-state index contributed by atoms with van der Waals surface area (Å²) >= 11 is 0. The molecule has 0 aliphatic rings. The second-order valence-electron chi connectivity index (χ2n) is 5.67. The Morgan fingerprint density at radius 1 is 1.11 bits per heavy atom. The maximum absolute atomic E-state index is 12.8. The van der Waals surface area contributed by atoms with Crippen molar-refractivity contribution in [2.45, 2.75) is 19.7 Å². The largest absolute Gasteiger partial charge is 0.416 e. The molecule has 1 amide bonds. The lowest BCUT2D eigenvalue weighted by atomic mass is 10.0. The van der Waals surface area contributed by atoms with E-state index in [4.69, 9.17) is 10.6 Å². The molecule has 2 N–H and O–H groups in total. The van der Waals surface area contributed by atoms with Gasteiger partial charge in [0.25, 0.3) is 5.91 Å². The number of hydrogen-bond donors (Lipinski definition) is 1. The lowest BCUT2D eigenvalue weighted by Gasteiger charge is -2.10. The topological polar surface area (TPSA) is 86.3 Å². The SMILES string of the molecule is CON=C(C(N)=O)c1ccccc1CON=C(C)c1cccc(C(F)(F)F)c1. The maximum atomic E-state index is 12.8. The van der Waals surface area contributed by atoms with E-state index in [-0.39, 0.29) is 23.6 Å². The van der Waals surface area contributed by atoms with Gasteiger partial charge in [0, 0.05) is 11.1 Å². The number of nitrogens with two attached hydrogens (primary N) is 1. The van der Waals surface area contributed by atoms with Crippen LogP contribution in [0.1, 0.15) is 29.2 Å². The van der Waals surface area contributed by atoms with Crippen molar-refractivity contribution in [2.75, 3.05) is 7.11 Å². The van der Waals surface area contributed by atoms with Crippen LogP contribution in [-0.4, -0.2) is 24.4 Å². The Hall–Kier alpha value is -3.36. The Bertz CT molecular complexity index is 909. The zero-order valence-electron chi connectivity index (χ0n) is 15.2. The first kappa shape index (κ1) is 20.9. The molecule has 28 heavy (non-hydrogen) atoms. The van der Waals surface area contributed by atoms with Crippen LogP contribution >= 0.6 is 0 Å². The molecule has 0 aromatic heterocycles. The number of oxime groups is 2. The molecule has 2 rings (SSSR count). The lowest BCUT2D eigenvalue weighted by Crippen LogP contribution is -2.25. The van der Waals surface area contributed by atoms with Gasteiger partial charge >= 0.3 is 6.18 Å². The minimum Gasteiger partial charge on any atom is -0.398 e. The Morgan fingerprint density at radius 2 is 1.82 bits per heavy atom. The van der Waals surface area contributed by atoms with Crippen LogP contribution in [0.5, 0.6) is 0 Å². The van der Waals surface area contributed by atoms with Crippen LogP contribution in [0.25, 0.3) is 0 Å². The fourth-order valence-corrected chi connectivity index (χ4v) is 2.37. The predicted octanol–water partition coefficient (Wildman–Crippen LogP) is 3.48. The molecule has 2 aromatic rings. The third-order valence-electron chi connectivity index (χ3n) is 3.72. The van der Waals surface area contributed by atoms with Gasteiger partial charge in [-0.25, -0.2) is 0 Å². The average Bonchev–Trinajstić information content (AvgIpc) is 2.66. The van der Waals surface area contributed by atoms with E-state index >= 15 is 0 Å². The molecule has 9 heteroatoms. The summed E-state index contributed by atoms with van der Waals surface area (Å²) in [6.07, 6.45) is -4.44. The third-order valence-corrected chi connectivity index (χ3v) is 3.72. The highest BCUT2D eigenvalue weighted by Gasteiger charge is 2.30. The number of carbonyl (C=O) groups is 1. The van der Waals surface area contributed by atoms with Crippen LogP contribution in [-0.2, 0) is 27.3 Å². The van der Waals surface area contributed by atoms with Gasteiger partial charge in [-0.1, -0.05) is 46.7 Å². The molecule has 0 fully saturated rings. The number of benzene rings is 2. The summed E-state index contributed by atoms with van der Waals surface area (Å²) in [6, 6.07) is 11.5. The fourth-order valence-electron chi connectivity index (χ4n) is 2.37. The van der Waals surface area contributed by atoms with Crippen LogP contribution in [0.3, 0.4) is 0 Å². The highest BCUT2D eigenvalue weighted by atomic mass is 19.4. The molecule has 2 aromatic carbocycles. The Balaban J connectivity index is 2.19. The number of hydrogen-bond acceptors (Lipinski definition) is 5. The Kier molecular flexibility index (Phi) is 6.75. The normalized spacial score (nSPS) is 12.6. The van der Waals surface area contributed by atoms with Crippen LogP contribution in [0.4, 0.5) is 13.2 Å². The van der Waals surface area contributed by atoms with E-state index in [1.807, 2.05) is 0 Å². The number of rotatable bonds is 7. The molecule has 0 heterocycles. The molecule has 0 unspecified atom stereocenters. The second kappa shape index (κ2) is 9.03. The molecule has 0 saturated carbocycles. The van der Waals surface area contributed by atoms with Gasteiger partial charge in [-0.15, -0.1) is 0 Å². The van der Waals surface area contributed by atoms with Gasteiger partial charge in [-0.3, -0.25) is 4.79 Å². The van der Waals surface area contributed by atoms with Crippen molar-refractivity contribution in [2.24, 2.45) is 16.0 Å². The summed E-state index contributed by atoms with van der Waals surface area (Å²) in [5.74, 6) is -0.780. The summed E-state index contributed by atoms with van der Waals surface area (Å²) in [5.41, 5.74) is 5.97. The number of carbonyl (C=O) groups excluding carboxylic acids is 1. The van der Waals surface area contributed by atoms with E-state index in [0.29, 0.717) is 11.1 Å². The number of halogens is 3. The van der Waals surface area contributed by atoms with Gasteiger partial charge in [-0.2, -0.15) is 13.2 Å². The zero-order valence-corrected chi connectivity index (χ0v) is 15.2. The van der Waals surface area contributed by atoms with E-state index in [9.17, 15) is 18.0 Å². The molecule has 148 valence electrons. The molecule has 0 aliphatic heterocycles. The van der Waals surface area contributed by atoms with Crippen LogP contribution in [0, 0.1) is 0 Å². The zero-order chi connectivity index (χ0) is 20.7. The Morgan fingerprint density at radius 3 is 2.46 bits per heavy atom. The van der Waals surface area contributed by atoms with E-state index in [1.165, 1.54) is 26.2 Å². The molecule has 0 aliphatic carbocycles. The number of alkyl halides is 3. The average molecular weight is 393 g/mol. The first-order valence-corrected chi connectivity index (χ1v) is 8.07. The van der Waals surface area contributed by atoms with Gasteiger partial charge in [0.15, 0.2) is 5.71 Å². The van der Waals surface area contributed by atoms with E-state index in [2.05, 4.69) is 15.1 Å². The molecule has 0 spiro atoms. The summed E-state index contributed by atoms with van der Waals surface area (Å²) in [6.45, 7) is 1.48. The molecule has 0 saturated heterocycles. The van der Waals surface area contributed by atoms with Crippen molar-refractivity contribution in [3.8, 4) is 0 Å². The Labute approximate surface area is 159 Å². The monoisotopic (exact) mass is 393 g/mol. The molecule has 0 bridgehead atoms. The smallest absolute Gasteiger partial charge is 0.398 e. The molecule has 0 atom stereocenters. The van der Waals surface area contributed by atoms with Crippen LogP contribution in [0.2, 0.25) is 0 Å². The minimum atomic E-state index is -4.44.